The molecule has 0 aromatic rings. The molecule has 5 aliphatic carbocycles. The molecule has 3 unspecified atom stereocenters. The fraction of sp³-hybridized carbons (Fsp3) is 0.950. The Bertz CT molecular complexity index is 478. The molecule has 24 heavy (non-hydrogen) atoms. The zero-order valence-corrected chi connectivity index (χ0v) is 15.5. The third-order valence-electron chi connectivity index (χ3n) is 8.05. The van der Waals surface area contributed by atoms with Crippen molar-refractivity contribution in [3.63, 3.8) is 0 Å². The van der Waals surface area contributed by atoms with Gasteiger partial charge in [-0.1, -0.05) is 13.8 Å². The molecule has 5 rings (SSSR count). The number of carbonyl (C=O) groups excluding carboxylic acids is 1. The number of aliphatic hydroxyl groups excluding tert-OH is 1. The first kappa shape index (κ1) is 16.7. The lowest BCUT2D eigenvalue weighted by atomic mass is 9.53. The smallest absolute Gasteiger partial charge is 0.315 e. The summed E-state index contributed by atoms with van der Waals surface area (Å²) in [7, 11) is 0. The Kier molecular flexibility index (Phi) is 3.91. The summed E-state index contributed by atoms with van der Waals surface area (Å²) in [4.78, 5) is 12.5. The van der Waals surface area contributed by atoms with Crippen molar-refractivity contribution in [1.82, 2.24) is 10.6 Å². The van der Waals surface area contributed by atoms with Crippen LogP contribution in [0.4, 0.5) is 4.79 Å². The van der Waals surface area contributed by atoms with Crippen LogP contribution in [0.5, 0.6) is 0 Å². The Morgan fingerprint density at radius 3 is 2.08 bits per heavy atom. The van der Waals surface area contributed by atoms with Crippen LogP contribution in [0.1, 0.15) is 65.7 Å². The van der Waals surface area contributed by atoms with Crippen LogP contribution in [0.15, 0.2) is 0 Å². The lowest BCUT2D eigenvalue weighted by molar-refractivity contribution is -0.0852. The number of nitrogens with one attached hydrogen (secondary N) is 2. The molecule has 5 fully saturated rings. The Hall–Kier alpha value is -0.770. The van der Waals surface area contributed by atoms with Crippen LogP contribution in [-0.4, -0.2) is 29.3 Å². The van der Waals surface area contributed by atoms with E-state index in [4.69, 9.17) is 0 Å². The van der Waals surface area contributed by atoms with Crippen molar-refractivity contribution in [2.24, 2.45) is 35.0 Å². The molecule has 0 aromatic heterocycles. The molecule has 0 spiro atoms. The normalized spacial score (nSPS) is 46.2. The van der Waals surface area contributed by atoms with Crippen molar-refractivity contribution in [2.75, 3.05) is 6.54 Å². The van der Waals surface area contributed by atoms with E-state index in [1.165, 1.54) is 38.5 Å². The van der Waals surface area contributed by atoms with E-state index in [1.54, 1.807) is 0 Å². The van der Waals surface area contributed by atoms with Gasteiger partial charge in [-0.25, -0.2) is 4.79 Å². The molecule has 0 aliphatic heterocycles. The summed E-state index contributed by atoms with van der Waals surface area (Å²) < 4.78 is 0. The third-order valence-corrected chi connectivity index (χ3v) is 8.05. The maximum absolute atomic E-state index is 12.5. The van der Waals surface area contributed by atoms with Crippen LogP contribution in [-0.2, 0) is 0 Å². The van der Waals surface area contributed by atoms with E-state index in [2.05, 4.69) is 24.5 Å². The molecule has 3 atom stereocenters. The number of amides is 2. The number of carbonyl (C=O) groups is 1. The largest absolute Gasteiger partial charge is 0.393 e. The summed E-state index contributed by atoms with van der Waals surface area (Å²) in [5, 5.41) is 16.4. The molecule has 0 heterocycles. The van der Waals surface area contributed by atoms with Crippen LogP contribution in [0, 0.1) is 35.0 Å². The third kappa shape index (κ3) is 2.75. The molecule has 0 radical (unpaired) electrons. The van der Waals surface area contributed by atoms with Gasteiger partial charge in [-0.3, -0.25) is 0 Å². The van der Waals surface area contributed by atoms with Crippen molar-refractivity contribution in [1.29, 1.82) is 0 Å². The second-order valence-corrected chi connectivity index (χ2v) is 10.1. The lowest BCUT2D eigenvalue weighted by Crippen LogP contribution is -2.62. The topological polar surface area (TPSA) is 61.4 Å². The lowest BCUT2D eigenvalue weighted by Gasteiger charge is -2.57. The fourth-order valence-electron chi connectivity index (χ4n) is 6.99. The molecule has 3 N–H and O–H groups in total. The Balaban J connectivity index is 1.29. The minimum atomic E-state index is -0.253. The monoisotopic (exact) mass is 334 g/mol. The highest BCUT2D eigenvalue weighted by Gasteiger charge is 2.52. The maximum atomic E-state index is 12.5. The molecule has 4 heteroatoms. The Labute approximate surface area is 146 Å². The minimum Gasteiger partial charge on any atom is -0.393 e. The van der Waals surface area contributed by atoms with E-state index < -0.39 is 0 Å². The van der Waals surface area contributed by atoms with Gasteiger partial charge in [0, 0.05) is 12.1 Å². The summed E-state index contributed by atoms with van der Waals surface area (Å²) in [6, 6.07) is 0.0354. The second kappa shape index (κ2) is 5.62. The second-order valence-electron chi connectivity index (χ2n) is 10.1. The number of hydrogen-bond donors (Lipinski definition) is 3. The van der Waals surface area contributed by atoms with Gasteiger partial charge in [-0.05, 0) is 86.9 Å². The number of urea groups is 1. The van der Waals surface area contributed by atoms with Crippen LogP contribution >= 0.6 is 0 Å². The highest BCUT2D eigenvalue weighted by atomic mass is 16.3. The molecular formula is C20H34N2O2. The van der Waals surface area contributed by atoms with Crippen LogP contribution in [0.2, 0.25) is 0 Å². The average molecular weight is 335 g/mol. The van der Waals surface area contributed by atoms with E-state index in [0.717, 1.165) is 30.7 Å². The van der Waals surface area contributed by atoms with E-state index >= 15 is 0 Å². The quantitative estimate of drug-likeness (QED) is 0.739. The van der Waals surface area contributed by atoms with Gasteiger partial charge in [0.1, 0.15) is 0 Å². The zero-order chi connectivity index (χ0) is 17.1. The van der Waals surface area contributed by atoms with Crippen molar-refractivity contribution in [3.8, 4) is 0 Å². The number of hydrogen-bond acceptors (Lipinski definition) is 2. The molecule has 4 bridgehead atoms. The van der Waals surface area contributed by atoms with Crippen LogP contribution in [0.3, 0.4) is 0 Å². The van der Waals surface area contributed by atoms with Gasteiger partial charge < -0.3 is 15.7 Å². The molecule has 2 amide bonds. The predicted octanol–water partition coefficient (Wildman–Crippen LogP) is 3.30. The molecule has 0 aromatic carbocycles. The highest BCUT2D eigenvalue weighted by molar-refractivity contribution is 5.75. The SMILES string of the molecule is CC(O)C1CC(CNC(=O)NC23CC4CC(CC(C4)C2)C3)C1(C)C. The molecule has 5 saturated carbocycles. The van der Waals surface area contributed by atoms with Gasteiger partial charge in [0.25, 0.3) is 0 Å². The van der Waals surface area contributed by atoms with Crippen LogP contribution in [0.25, 0.3) is 0 Å². The molecule has 0 saturated heterocycles. The minimum absolute atomic E-state index is 0.0354. The summed E-state index contributed by atoms with van der Waals surface area (Å²) in [6.45, 7) is 7.05. The van der Waals surface area contributed by atoms with Crippen molar-refractivity contribution >= 4 is 6.03 Å². The highest BCUT2D eigenvalue weighted by Crippen LogP contribution is 2.55. The molecule has 136 valence electrons. The first-order chi connectivity index (χ1) is 11.3. The van der Waals surface area contributed by atoms with E-state index in [1.807, 2.05) is 6.92 Å². The van der Waals surface area contributed by atoms with E-state index in [0.29, 0.717) is 11.8 Å². The van der Waals surface area contributed by atoms with Crippen molar-refractivity contribution < 1.29 is 9.90 Å². The average Bonchev–Trinajstić information content (AvgIpc) is 2.43. The summed E-state index contributed by atoms with van der Waals surface area (Å²) >= 11 is 0. The van der Waals surface area contributed by atoms with E-state index in [9.17, 15) is 9.90 Å². The zero-order valence-electron chi connectivity index (χ0n) is 15.5. The van der Waals surface area contributed by atoms with Gasteiger partial charge in [0.2, 0.25) is 0 Å². The number of aliphatic hydroxyl groups is 1. The summed E-state index contributed by atoms with van der Waals surface area (Å²) in [6.07, 6.45) is 8.57. The molecule has 4 nitrogen and oxygen atoms in total. The molecular weight excluding hydrogens is 300 g/mol. The molecule has 5 aliphatic rings. The first-order valence-corrected chi connectivity index (χ1v) is 10.0. The van der Waals surface area contributed by atoms with Crippen molar-refractivity contribution in [3.05, 3.63) is 0 Å². The van der Waals surface area contributed by atoms with Crippen LogP contribution < -0.4 is 10.6 Å². The van der Waals surface area contributed by atoms with Crippen molar-refractivity contribution in [2.45, 2.75) is 77.4 Å². The van der Waals surface area contributed by atoms with E-state index in [-0.39, 0.29) is 23.1 Å². The van der Waals surface area contributed by atoms with Gasteiger partial charge in [-0.15, -0.1) is 0 Å². The number of rotatable bonds is 4. The first-order valence-electron chi connectivity index (χ1n) is 10.0. The maximum Gasteiger partial charge on any atom is 0.315 e. The van der Waals surface area contributed by atoms with Gasteiger partial charge >= 0.3 is 6.03 Å². The standard InChI is InChI=1S/C20H34N2O2/c1-12(23)17-7-16(19(17,2)3)11-21-18(24)22-20-8-13-4-14(9-20)6-15(5-13)10-20/h12-17,23H,4-11H2,1-3H3,(H2,21,22,24). The Morgan fingerprint density at radius 1 is 1.08 bits per heavy atom. The van der Waals surface area contributed by atoms with Gasteiger partial charge in [-0.2, -0.15) is 0 Å². The predicted molar refractivity (Wildman–Crippen MR) is 94.5 cm³/mol. The van der Waals surface area contributed by atoms with Gasteiger partial charge in [0.05, 0.1) is 6.10 Å². The van der Waals surface area contributed by atoms with Gasteiger partial charge in [0.15, 0.2) is 0 Å². The Morgan fingerprint density at radius 2 is 1.62 bits per heavy atom. The summed E-state index contributed by atoms with van der Waals surface area (Å²) in [5.41, 5.74) is 0.207. The fourth-order valence-corrected chi connectivity index (χ4v) is 6.99. The summed E-state index contributed by atoms with van der Waals surface area (Å²) in [5.74, 6) is 3.39.